The van der Waals surface area contributed by atoms with E-state index in [1.807, 2.05) is 0 Å². The molecule has 3 rings (SSSR count). The largest absolute Gasteiger partial charge is 0.462 e. The number of fused-ring (bicyclic) bond motifs is 2. The molecule has 0 unspecified atom stereocenters. The van der Waals surface area contributed by atoms with E-state index in [2.05, 4.69) is 0 Å². The molecule has 0 N–H and O–H groups in total. The van der Waals surface area contributed by atoms with Gasteiger partial charge in [-0.1, -0.05) is 0 Å². The maximum Gasteiger partial charge on any atom is 0.317 e. The monoisotopic (exact) mass is 404 g/mol. The van der Waals surface area contributed by atoms with Gasteiger partial charge in [-0.25, -0.2) is 0 Å². The lowest BCUT2D eigenvalue weighted by molar-refractivity contribution is -0.163. The van der Waals surface area contributed by atoms with E-state index in [0.29, 0.717) is 0 Å². The lowest BCUT2D eigenvalue weighted by Gasteiger charge is -2.18. The van der Waals surface area contributed by atoms with Crippen LogP contribution in [0.1, 0.15) is 12.8 Å². The summed E-state index contributed by atoms with van der Waals surface area (Å²) in [6.45, 7) is -0.930. The molecule has 3 fully saturated rings. The van der Waals surface area contributed by atoms with Crippen molar-refractivity contribution in [2.75, 3.05) is 40.0 Å². The molecular weight excluding hydrogens is 384 g/mol. The molecule has 3 heterocycles. The average Bonchev–Trinajstić information content (AvgIpc) is 3.29. The summed E-state index contributed by atoms with van der Waals surface area (Å²) in [5.41, 5.74) is 0. The van der Waals surface area contributed by atoms with Crippen LogP contribution in [-0.2, 0) is 57.1 Å². The van der Waals surface area contributed by atoms with Crippen molar-refractivity contribution in [1.82, 2.24) is 0 Å². The fourth-order valence-electron chi connectivity index (χ4n) is 2.62. The molecule has 0 saturated carbocycles. The third-order valence-corrected chi connectivity index (χ3v) is 4.17. The summed E-state index contributed by atoms with van der Waals surface area (Å²) in [4.78, 5) is 47.1. The number of carbonyl (C=O) groups excluding carboxylic acids is 4. The zero-order valence-electron chi connectivity index (χ0n) is 14.9. The number of esters is 4. The van der Waals surface area contributed by atoms with E-state index in [1.165, 1.54) is 0 Å². The molecular formula is C16H20O12. The van der Waals surface area contributed by atoms with E-state index in [0.717, 1.165) is 0 Å². The van der Waals surface area contributed by atoms with Gasteiger partial charge < -0.3 is 37.9 Å². The minimum absolute atomic E-state index is 0.0721. The molecule has 3 aliphatic heterocycles. The van der Waals surface area contributed by atoms with Gasteiger partial charge in [-0.15, -0.1) is 0 Å². The highest BCUT2D eigenvalue weighted by atomic mass is 16.7. The quantitative estimate of drug-likeness (QED) is 0.262. The molecule has 28 heavy (non-hydrogen) atoms. The Bertz CT molecular complexity index is 504. The van der Waals surface area contributed by atoms with Crippen LogP contribution >= 0.6 is 0 Å². The highest BCUT2D eigenvalue weighted by Gasteiger charge is 2.34. The molecule has 12 heteroatoms. The van der Waals surface area contributed by atoms with Crippen LogP contribution in [0.5, 0.6) is 0 Å². The Morgan fingerprint density at radius 2 is 0.714 bits per heavy atom. The fraction of sp³-hybridized carbons (Fsp3) is 0.750. The lowest BCUT2D eigenvalue weighted by Crippen LogP contribution is -2.35. The van der Waals surface area contributed by atoms with Crippen molar-refractivity contribution in [3.8, 4) is 0 Å². The van der Waals surface area contributed by atoms with Crippen molar-refractivity contribution in [3.05, 3.63) is 0 Å². The van der Waals surface area contributed by atoms with Crippen molar-refractivity contribution < 1.29 is 57.1 Å². The first kappa shape index (κ1) is 20.5. The predicted molar refractivity (Wildman–Crippen MR) is 82.3 cm³/mol. The normalized spacial score (nSPS) is 33.4. The van der Waals surface area contributed by atoms with Crippen LogP contribution in [-0.4, -0.2) is 88.3 Å². The van der Waals surface area contributed by atoms with E-state index < -0.39 is 61.1 Å². The summed E-state index contributed by atoms with van der Waals surface area (Å²) in [6.07, 6.45) is -3.90. The Kier molecular flexibility index (Phi) is 7.14. The Balaban J connectivity index is 1.60. The van der Waals surface area contributed by atoms with Crippen molar-refractivity contribution in [1.29, 1.82) is 0 Å². The molecule has 0 spiro atoms. The van der Waals surface area contributed by atoms with Gasteiger partial charge in [0.05, 0.1) is 0 Å². The smallest absolute Gasteiger partial charge is 0.317 e. The number of cyclic esters (lactones) is 4. The molecule has 0 aromatic heterocycles. The summed E-state index contributed by atoms with van der Waals surface area (Å²) < 4.78 is 40.9. The number of rotatable bonds is 0. The molecule has 0 aromatic rings. The maximum absolute atomic E-state index is 11.8. The third-order valence-electron chi connectivity index (χ3n) is 4.17. The van der Waals surface area contributed by atoms with Crippen molar-refractivity contribution >= 4 is 23.9 Å². The van der Waals surface area contributed by atoms with Crippen LogP contribution in [0.3, 0.4) is 0 Å². The van der Waals surface area contributed by atoms with E-state index in [9.17, 15) is 19.2 Å². The summed E-state index contributed by atoms with van der Waals surface area (Å²) in [5, 5.41) is 0. The zero-order valence-corrected chi connectivity index (χ0v) is 14.9. The van der Waals surface area contributed by atoms with E-state index in [1.54, 1.807) is 0 Å². The van der Waals surface area contributed by atoms with Gasteiger partial charge in [-0.05, 0) is 0 Å². The van der Waals surface area contributed by atoms with Crippen LogP contribution in [0.25, 0.3) is 0 Å². The van der Waals surface area contributed by atoms with Gasteiger partial charge in [-0.3, -0.25) is 19.2 Å². The Morgan fingerprint density at radius 3 is 0.964 bits per heavy atom. The summed E-state index contributed by atoms with van der Waals surface area (Å²) in [6, 6.07) is 0. The highest BCUT2D eigenvalue weighted by molar-refractivity contribution is 5.91. The highest BCUT2D eigenvalue weighted by Crippen LogP contribution is 2.16. The van der Waals surface area contributed by atoms with Gasteiger partial charge in [0.15, 0.2) is 0 Å². The van der Waals surface area contributed by atoms with Crippen LogP contribution < -0.4 is 0 Å². The first-order chi connectivity index (χ1) is 13.5. The average molecular weight is 404 g/mol. The summed E-state index contributed by atoms with van der Waals surface area (Å²) in [7, 11) is 0. The molecule has 12 nitrogen and oxygen atoms in total. The maximum atomic E-state index is 11.8. The second kappa shape index (κ2) is 9.78. The standard InChI is InChI=1S/C16H20O12/c17-13-1-14(18)22-4-10-12(28-8-26-10)6-24-16(20)2-15(19)23-5-11-9(3-21-13)25-7-27-11/h9-12H,1-8H2/t9-,10-,11-,12-/m0/s1. The molecule has 3 aliphatic rings. The predicted octanol–water partition coefficient (Wildman–Crippen LogP) is -1.56. The van der Waals surface area contributed by atoms with E-state index >= 15 is 0 Å². The van der Waals surface area contributed by atoms with Crippen LogP contribution in [0.4, 0.5) is 0 Å². The minimum atomic E-state index is -0.800. The number of hydrogen-bond acceptors (Lipinski definition) is 12. The van der Waals surface area contributed by atoms with Crippen LogP contribution in [0.2, 0.25) is 0 Å². The van der Waals surface area contributed by atoms with Gasteiger partial charge >= 0.3 is 23.9 Å². The van der Waals surface area contributed by atoms with Gasteiger partial charge in [0, 0.05) is 0 Å². The van der Waals surface area contributed by atoms with Gasteiger partial charge in [0.2, 0.25) is 0 Å². The fourth-order valence-corrected chi connectivity index (χ4v) is 2.62. The van der Waals surface area contributed by atoms with Crippen LogP contribution in [0, 0.1) is 0 Å². The van der Waals surface area contributed by atoms with Gasteiger partial charge in [0.1, 0.15) is 77.3 Å². The van der Waals surface area contributed by atoms with Crippen molar-refractivity contribution in [3.63, 3.8) is 0 Å². The molecule has 0 amide bonds. The topological polar surface area (TPSA) is 142 Å². The first-order valence-electron chi connectivity index (χ1n) is 8.60. The minimum Gasteiger partial charge on any atom is -0.462 e. The van der Waals surface area contributed by atoms with Crippen LogP contribution in [0.15, 0.2) is 0 Å². The van der Waals surface area contributed by atoms with Gasteiger partial charge in [0.25, 0.3) is 0 Å². The SMILES string of the molecule is O=C1CC(=O)OC[C@@H]2OCO[C@H]2COC(=O)CC(=O)OC[C@@H]2OCO[C@H]2CO1. The molecule has 0 bridgehead atoms. The third kappa shape index (κ3) is 5.86. The molecule has 4 atom stereocenters. The summed E-state index contributed by atoms with van der Waals surface area (Å²) in [5.74, 6) is -3.20. The molecule has 156 valence electrons. The Hall–Kier alpha value is -2.28. The number of hydrogen-bond donors (Lipinski definition) is 0. The Morgan fingerprint density at radius 1 is 0.464 bits per heavy atom. The molecule has 0 aliphatic carbocycles. The molecule has 0 aromatic carbocycles. The second-order valence-electron chi connectivity index (χ2n) is 6.14. The number of carbonyl (C=O) groups is 4. The summed E-state index contributed by atoms with van der Waals surface area (Å²) >= 11 is 0. The van der Waals surface area contributed by atoms with E-state index in [4.69, 9.17) is 37.9 Å². The van der Waals surface area contributed by atoms with Crippen molar-refractivity contribution in [2.45, 2.75) is 37.3 Å². The zero-order chi connectivity index (χ0) is 19.9. The van der Waals surface area contributed by atoms with E-state index in [-0.39, 0.29) is 40.0 Å². The van der Waals surface area contributed by atoms with Gasteiger partial charge in [-0.2, -0.15) is 0 Å². The first-order valence-corrected chi connectivity index (χ1v) is 8.60. The lowest BCUT2D eigenvalue weighted by atomic mass is 10.2. The molecule has 0 radical (unpaired) electrons. The molecule has 3 saturated heterocycles. The second-order valence-corrected chi connectivity index (χ2v) is 6.14. The Labute approximate surface area is 159 Å². The number of ether oxygens (including phenoxy) is 8. The van der Waals surface area contributed by atoms with Crippen molar-refractivity contribution in [2.24, 2.45) is 0 Å².